The second-order valence-electron chi connectivity index (χ2n) is 8.21. The first-order chi connectivity index (χ1) is 15.8. The van der Waals surface area contributed by atoms with Gasteiger partial charge in [0.1, 0.15) is 5.82 Å². The molecule has 1 aromatic carbocycles. The molecule has 0 saturated heterocycles. The third-order valence-electron chi connectivity index (χ3n) is 6.04. The molecule has 6 nitrogen and oxygen atoms in total. The van der Waals surface area contributed by atoms with E-state index in [0.717, 1.165) is 43.6 Å². The minimum Gasteiger partial charge on any atom is -0.465 e. The molecule has 2 heterocycles. The molecule has 1 saturated carbocycles. The number of rotatable bonds is 6. The standard InChI is InChI=1S/C24H25F3N4O2/c1-33-23(32)18-9-12-21(28-13-18)30-22(16-5-3-2-4-6-16)17-7-10-20(11-8-17)31-15-19(14-29-31)24(25,26)27/h7-16,22H,2-6H2,1H3,(H,28,30). The Balaban J connectivity index is 1.57. The molecule has 174 valence electrons. The number of aromatic nitrogens is 3. The summed E-state index contributed by atoms with van der Waals surface area (Å²) in [7, 11) is 1.32. The SMILES string of the molecule is COC(=O)c1ccc(NC(c2ccc(-n3cc(C(F)(F)F)cn3)cc2)C2CCCCC2)nc1. The Morgan fingerprint density at radius 3 is 2.39 bits per heavy atom. The van der Waals surface area contributed by atoms with E-state index in [4.69, 9.17) is 4.74 Å². The second-order valence-corrected chi connectivity index (χ2v) is 8.21. The van der Waals surface area contributed by atoms with E-state index in [9.17, 15) is 18.0 Å². The van der Waals surface area contributed by atoms with Crippen LogP contribution in [-0.4, -0.2) is 27.8 Å². The molecule has 0 bridgehead atoms. The third kappa shape index (κ3) is 5.35. The van der Waals surface area contributed by atoms with Crippen molar-refractivity contribution in [2.75, 3.05) is 12.4 Å². The summed E-state index contributed by atoms with van der Waals surface area (Å²) in [5, 5.41) is 7.35. The molecule has 1 N–H and O–H groups in total. The van der Waals surface area contributed by atoms with Gasteiger partial charge < -0.3 is 10.1 Å². The number of nitrogens with zero attached hydrogens (tertiary/aromatic N) is 3. The topological polar surface area (TPSA) is 69.0 Å². The van der Waals surface area contributed by atoms with Gasteiger partial charge in [0.15, 0.2) is 0 Å². The van der Waals surface area contributed by atoms with E-state index in [1.54, 1.807) is 24.3 Å². The summed E-state index contributed by atoms with van der Waals surface area (Å²) >= 11 is 0. The van der Waals surface area contributed by atoms with E-state index < -0.39 is 17.7 Å². The monoisotopic (exact) mass is 458 g/mol. The molecule has 1 atom stereocenters. The number of benzene rings is 1. The predicted octanol–water partition coefficient (Wildman–Crippen LogP) is 5.81. The van der Waals surface area contributed by atoms with Crippen LogP contribution in [0.5, 0.6) is 0 Å². The van der Waals surface area contributed by atoms with Gasteiger partial charge in [0.25, 0.3) is 0 Å². The number of nitrogens with one attached hydrogen (secondary N) is 1. The first kappa shape index (κ1) is 22.8. The molecule has 33 heavy (non-hydrogen) atoms. The molecule has 0 amide bonds. The fraction of sp³-hybridized carbons (Fsp3) is 0.375. The minimum atomic E-state index is -4.43. The number of pyridine rings is 1. The minimum absolute atomic E-state index is 0.0146. The molecule has 1 aliphatic carbocycles. The fourth-order valence-corrected chi connectivity index (χ4v) is 4.26. The Hall–Kier alpha value is -3.36. The van der Waals surface area contributed by atoms with Crippen LogP contribution < -0.4 is 5.32 Å². The molecule has 0 spiro atoms. The van der Waals surface area contributed by atoms with Crippen molar-refractivity contribution < 1.29 is 22.7 Å². The fourth-order valence-electron chi connectivity index (χ4n) is 4.26. The maximum absolute atomic E-state index is 12.9. The van der Waals surface area contributed by atoms with Crippen LogP contribution in [0.15, 0.2) is 55.0 Å². The van der Waals surface area contributed by atoms with Crippen molar-refractivity contribution in [3.63, 3.8) is 0 Å². The zero-order valence-corrected chi connectivity index (χ0v) is 18.2. The van der Waals surface area contributed by atoms with Crippen LogP contribution in [0.1, 0.15) is 59.6 Å². The lowest BCUT2D eigenvalue weighted by molar-refractivity contribution is -0.137. The molecule has 0 radical (unpaired) electrons. The van der Waals surface area contributed by atoms with E-state index in [1.807, 2.05) is 12.1 Å². The van der Waals surface area contributed by atoms with Crippen LogP contribution in [0.2, 0.25) is 0 Å². The van der Waals surface area contributed by atoms with Crippen LogP contribution in [0.25, 0.3) is 5.69 Å². The van der Waals surface area contributed by atoms with Gasteiger partial charge in [0.05, 0.1) is 36.2 Å². The molecular formula is C24H25F3N4O2. The predicted molar refractivity (Wildman–Crippen MR) is 117 cm³/mol. The van der Waals surface area contributed by atoms with Crippen molar-refractivity contribution in [3.05, 3.63) is 71.7 Å². The molecule has 3 aromatic rings. The van der Waals surface area contributed by atoms with E-state index in [-0.39, 0.29) is 6.04 Å². The van der Waals surface area contributed by atoms with Crippen LogP contribution in [0, 0.1) is 5.92 Å². The van der Waals surface area contributed by atoms with Crippen molar-refractivity contribution in [2.24, 2.45) is 5.92 Å². The van der Waals surface area contributed by atoms with Gasteiger partial charge in [-0.05, 0) is 48.6 Å². The Kier molecular flexibility index (Phi) is 6.67. The van der Waals surface area contributed by atoms with E-state index in [0.29, 0.717) is 23.0 Å². The summed E-state index contributed by atoms with van der Waals surface area (Å²) < 4.78 is 44.6. The Bertz CT molecular complexity index is 1070. The molecule has 1 fully saturated rings. The highest BCUT2D eigenvalue weighted by Gasteiger charge is 2.32. The normalized spacial score (nSPS) is 15.8. The van der Waals surface area contributed by atoms with Gasteiger partial charge in [-0.2, -0.15) is 18.3 Å². The van der Waals surface area contributed by atoms with Crippen molar-refractivity contribution in [1.29, 1.82) is 0 Å². The highest BCUT2D eigenvalue weighted by molar-refractivity contribution is 5.89. The largest absolute Gasteiger partial charge is 0.465 e. The number of methoxy groups -OCH3 is 1. The summed E-state index contributed by atoms with van der Waals surface area (Å²) in [5.74, 6) is 0.596. The first-order valence-corrected chi connectivity index (χ1v) is 10.9. The lowest BCUT2D eigenvalue weighted by Gasteiger charge is -2.32. The molecule has 1 aliphatic rings. The number of alkyl halides is 3. The summed E-state index contributed by atoms with van der Waals surface area (Å²) in [6.07, 6.45) is 4.54. The van der Waals surface area contributed by atoms with Crippen molar-refractivity contribution in [3.8, 4) is 5.69 Å². The maximum atomic E-state index is 12.9. The number of carbonyl (C=O) groups excluding carboxylic acids is 1. The van der Waals surface area contributed by atoms with E-state index in [2.05, 4.69) is 15.4 Å². The van der Waals surface area contributed by atoms with Crippen molar-refractivity contribution in [1.82, 2.24) is 14.8 Å². The third-order valence-corrected chi connectivity index (χ3v) is 6.04. The van der Waals surface area contributed by atoms with Crippen LogP contribution in [-0.2, 0) is 10.9 Å². The molecule has 4 rings (SSSR count). The van der Waals surface area contributed by atoms with Crippen LogP contribution in [0.3, 0.4) is 0 Å². The number of hydrogen-bond donors (Lipinski definition) is 1. The molecular weight excluding hydrogens is 433 g/mol. The number of esters is 1. The molecule has 1 unspecified atom stereocenters. The molecule has 2 aromatic heterocycles. The van der Waals surface area contributed by atoms with Crippen molar-refractivity contribution in [2.45, 2.75) is 44.3 Å². The van der Waals surface area contributed by atoms with E-state index in [1.165, 1.54) is 24.4 Å². The summed E-state index contributed by atoms with van der Waals surface area (Å²) in [4.78, 5) is 16.0. The average Bonchev–Trinajstić information content (AvgIpc) is 3.34. The Labute approximate surface area is 189 Å². The molecule has 9 heteroatoms. The first-order valence-electron chi connectivity index (χ1n) is 10.9. The number of hydrogen-bond acceptors (Lipinski definition) is 5. The van der Waals surface area contributed by atoms with Crippen molar-refractivity contribution >= 4 is 11.8 Å². The number of carbonyl (C=O) groups is 1. The number of ether oxygens (including phenoxy) is 1. The van der Waals surface area contributed by atoms with Gasteiger partial charge in [0, 0.05) is 12.4 Å². The number of halogens is 3. The molecule has 0 aliphatic heterocycles. The van der Waals surface area contributed by atoms with Crippen LogP contribution >= 0.6 is 0 Å². The summed E-state index contributed by atoms with van der Waals surface area (Å²) in [6.45, 7) is 0. The van der Waals surface area contributed by atoms with Gasteiger partial charge in [-0.15, -0.1) is 0 Å². The van der Waals surface area contributed by atoms with E-state index >= 15 is 0 Å². The summed E-state index contributed by atoms with van der Waals surface area (Å²) in [6, 6.07) is 10.8. The average molecular weight is 458 g/mol. The van der Waals surface area contributed by atoms with Gasteiger partial charge in [-0.1, -0.05) is 31.4 Å². The van der Waals surface area contributed by atoms with Crippen LogP contribution in [0.4, 0.5) is 19.0 Å². The number of anilines is 1. The van der Waals surface area contributed by atoms with Gasteiger partial charge >= 0.3 is 12.1 Å². The zero-order chi connectivity index (χ0) is 23.4. The Morgan fingerprint density at radius 1 is 1.09 bits per heavy atom. The lowest BCUT2D eigenvalue weighted by atomic mass is 9.81. The highest BCUT2D eigenvalue weighted by atomic mass is 19.4. The highest BCUT2D eigenvalue weighted by Crippen LogP contribution is 2.37. The second kappa shape index (κ2) is 9.64. The van der Waals surface area contributed by atoms with Gasteiger partial charge in [-0.25, -0.2) is 14.5 Å². The van der Waals surface area contributed by atoms with Gasteiger partial charge in [0.2, 0.25) is 0 Å². The summed E-state index contributed by atoms with van der Waals surface area (Å²) in [5.41, 5.74) is 1.17. The Morgan fingerprint density at radius 2 is 1.82 bits per heavy atom. The quantitative estimate of drug-likeness (QED) is 0.473. The zero-order valence-electron chi connectivity index (χ0n) is 18.2. The smallest absolute Gasteiger partial charge is 0.419 e. The maximum Gasteiger partial charge on any atom is 0.419 e. The lowest BCUT2D eigenvalue weighted by Crippen LogP contribution is -2.23. The van der Waals surface area contributed by atoms with Gasteiger partial charge in [-0.3, -0.25) is 0 Å².